The summed E-state index contributed by atoms with van der Waals surface area (Å²) >= 11 is 5.00. The van der Waals surface area contributed by atoms with Crippen LogP contribution in [-0.4, -0.2) is 38.3 Å². The normalized spacial score (nSPS) is 27.8. The van der Waals surface area contributed by atoms with Gasteiger partial charge in [0.25, 0.3) is 0 Å². The summed E-state index contributed by atoms with van der Waals surface area (Å²) in [4.78, 5) is 25.4. The Morgan fingerprint density at radius 1 is 1.50 bits per heavy atom. The largest absolute Gasteiger partial charge is 0.455 e. The van der Waals surface area contributed by atoms with E-state index in [9.17, 15) is 9.59 Å². The lowest BCUT2D eigenvalue weighted by Gasteiger charge is -2.47. The maximum Gasteiger partial charge on any atom is 0.355 e. The van der Waals surface area contributed by atoms with Gasteiger partial charge in [0.2, 0.25) is 5.91 Å². The molecule has 2 aliphatic heterocycles. The second-order valence-corrected chi connectivity index (χ2v) is 7.53. The Labute approximate surface area is 119 Å². The van der Waals surface area contributed by atoms with Gasteiger partial charge in [-0.2, -0.15) is 0 Å². The van der Waals surface area contributed by atoms with Gasteiger partial charge in [-0.15, -0.1) is 11.8 Å². The number of ether oxygens (including phenoxy) is 1. The molecule has 0 saturated carbocycles. The molecular formula is C12H16BrNO3S. The molecule has 1 saturated heterocycles. The van der Waals surface area contributed by atoms with E-state index in [4.69, 9.17) is 4.74 Å². The Balaban J connectivity index is 2.25. The van der Waals surface area contributed by atoms with Crippen LogP contribution in [-0.2, 0) is 14.3 Å². The number of esters is 1. The number of hydrogen-bond acceptors (Lipinski definition) is 4. The molecule has 0 spiro atoms. The van der Waals surface area contributed by atoms with Gasteiger partial charge in [0.15, 0.2) is 0 Å². The fourth-order valence-corrected chi connectivity index (χ4v) is 4.02. The molecule has 0 radical (unpaired) electrons. The molecule has 0 unspecified atom stereocenters. The van der Waals surface area contributed by atoms with Crippen molar-refractivity contribution in [1.82, 2.24) is 4.90 Å². The smallest absolute Gasteiger partial charge is 0.355 e. The first-order valence-corrected chi connectivity index (χ1v) is 7.70. The highest BCUT2D eigenvalue weighted by molar-refractivity contribution is 9.10. The fraction of sp³-hybridized carbons (Fsp3) is 0.667. The van der Waals surface area contributed by atoms with E-state index >= 15 is 0 Å². The van der Waals surface area contributed by atoms with Crippen LogP contribution in [0.4, 0.5) is 0 Å². The minimum absolute atomic E-state index is 0.0173. The number of nitrogens with zero attached hydrogens (tertiary/aromatic N) is 1. The van der Waals surface area contributed by atoms with Crippen molar-refractivity contribution in [1.29, 1.82) is 0 Å². The summed E-state index contributed by atoms with van der Waals surface area (Å²) in [5, 5.41) is 0.0173. The van der Waals surface area contributed by atoms with E-state index < -0.39 is 11.6 Å². The second kappa shape index (κ2) is 4.56. The van der Waals surface area contributed by atoms with Crippen LogP contribution >= 0.6 is 27.7 Å². The van der Waals surface area contributed by atoms with Gasteiger partial charge in [-0.1, -0.05) is 15.9 Å². The van der Waals surface area contributed by atoms with Crippen molar-refractivity contribution in [3.63, 3.8) is 0 Å². The van der Waals surface area contributed by atoms with Crippen molar-refractivity contribution >= 4 is 39.6 Å². The Morgan fingerprint density at radius 3 is 2.67 bits per heavy atom. The van der Waals surface area contributed by atoms with Gasteiger partial charge >= 0.3 is 5.97 Å². The number of rotatable bonds is 1. The van der Waals surface area contributed by atoms with Crippen molar-refractivity contribution in [3.05, 3.63) is 11.3 Å². The first-order valence-electron chi connectivity index (χ1n) is 5.74. The Hall–Kier alpha value is -0.490. The summed E-state index contributed by atoms with van der Waals surface area (Å²) in [7, 11) is 0. The molecule has 0 aromatic rings. The summed E-state index contributed by atoms with van der Waals surface area (Å²) in [6, 6.07) is 0. The maximum absolute atomic E-state index is 12.2. The molecule has 6 heteroatoms. The van der Waals surface area contributed by atoms with Crippen LogP contribution < -0.4 is 0 Å². The van der Waals surface area contributed by atoms with Crippen LogP contribution in [0.15, 0.2) is 11.3 Å². The molecule has 0 bridgehead atoms. The lowest BCUT2D eigenvalue weighted by Crippen LogP contribution is -2.62. The van der Waals surface area contributed by atoms with Crippen molar-refractivity contribution < 1.29 is 14.3 Å². The number of β-lactam (4-membered cyclic amide) rings is 1. The van der Waals surface area contributed by atoms with Crippen LogP contribution in [0.25, 0.3) is 0 Å². The SMILES string of the molecule is CC1=C(C(=O)OC(C)(C)C)N2C(=O)[C@H](Br)[C@@H]2SC1. The third kappa shape index (κ3) is 2.32. The monoisotopic (exact) mass is 333 g/mol. The van der Waals surface area contributed by atoms with E-state index in [1.807, 2.05) is 27.7 Å². The predicted octanol–water partition coefficient (Wildman–Crippen LogP) is 2.28. The quantitative estimate of drug-likeness (QED) is 0.419. The van der Waals surface area contributed by atoms with Gasteiger partial charge in [-0.3, -0.25) is 9.69 Å². The molecule has 100 valence electrons. The van der Waals surface area contributed by atoms with Gasteiger partial charge < -0.3 is 4.74 Å². The number of amides is 1. The summed E-state index contributed by atoms with van der Waals surface area (Å²) in [6.45, 7) is 7.33. The standard InChI is InChI=1S/C12H16BrNO3S/c1-6-5-18-10-7(13)9(15)14(10)8(6)11(16)17-12(2,3)4/h7,10H,5H2,1-4H3/t7-,10-/m0/s1. The van der Waals surface area contributed by atoms with Gasteiger partial charge in [-0.05, 0) is 33.3 Å². The number of halogens is 1. The van der Waals surface area contributed by atoms with Gasteiger partial charge in [0, 0.05) is 5.75 Å². The van der Waals surface area contributed by atoms with Crippen LogP contribution in [0.5, 0.6) is 0 Å². The highest BCUT2D eigenvalue weighted by Crippen LogP contribution is 2.43. The highest BCUT2D eigenvalue weighted by atomic mass is 79.9. The summed E-state index contributed by atoms with van der Waals surface area (Å²) < 4.78 is 5.37. The molecule has 2 atom stereocenters. The Bertz CT molecular complexity index is 441. The topological polar surface area (TPSA) is 46.6 Å². The molecule has 2 aliphatic rings. The second-order valence-electron chi connectivity index (χ2n) is 5.44. The van der Waals surface area contributed by atoms with Crippen LogP contribution in [0.2, 0.25) is 0 Å². The van der Waals surface area contributed by atoms with Crippen molar-refractivity contribution in [2.45, 2.75) is 43.5 Å². The molecule has 0 aromatic carbocycles. The number of alkyl halides is 1. The third-order valence-electron chi connectivity index (χ3n) is 2.69. The van der Waals surface area contributed by atoms with Crippen molar-refractivity contribution in [3.8, 4) is 0 Å². The summed E-state index contributed by atoms with van der Waals surface area (Å²) in [6.07, 6.45) is 0. The first kappa shape index (κ1) is 13.9. The molecule has 1 amide bonds. The number of carbonyl (C=O) groups excluding carboxylic acids is 2. The van der Waals surface area contributed by atoms with Crippen molar-refractivity contribution in [2.75, 3.05) is 5.75 Å². The predicted molar refractivity (Wildman–Crippen MR) is 74.4 cm³/mol. The zero-order valence-corrected chi connectivity index (χ0v) is 13.2. The lowest BCUT2D eigenvalue weighted by molar-refractivity contribution is -0.156. The Morgan fingerprint density at radius 2 is 2.11 bits per heavy atom. The van der Waals surface area contributed by atoms with E-state index in [0.717, 1.165) is 11.3 Å². The van der Waals surface area contributed by atoms with E-state index in [2.05, 4.69) is 15.9 Å². The minimum atomic E-state index is -0.549. The zero-order chi connectivity index (χ0) is 13.7. The van der Waals surface area contributed by atoms with Crippen molar-refractivity contribution in [2.24, 2.45) is 0 Å². The van der Waals surface area contributed by atoms with Gasteiger partial charge in [-0.25, -0.2) is 4.79 Å². The average Bonchev–Trinajstić information content (AvgIpc) is 2.25. The minimum Gasteiger partial charge on any atom is -0.455 e. The molecule has 0 aliphatic carbocycles. The van der Waals surface area contributed by atoms with E-state index in [0.29, 0.717) is 5.70 Å². The molecule has 0 aromatic heterocycles. The molecule has 2 rings (SSSR count). The summed E-state index contributed by atoms with van der Waals surface area (Å²) in [5.74, 6) is 0.288. The van der Waals surface area contributed by atoms with E-state index in [1.54, 1.807) is 16.7 Å². The third-order valence-corrected chi connectivity index (χ3v) is 5.35. The summed E-state index contributed by atoms with van der Waals surface area (Å²) in [5.41, 5.74) is 0.777. The number of thioether (sulfide) groups is 1. The average molecular weight is 334 g/mol. The van der Waals surface area contributed by atoms with E-state index in [1.165, 1.54) is 0 Å². The number of carbonyl (C=O) groups is 2. The lowest BCUT2D eigenvalue weighted by atomic mass is 10.1. The van der Waals surface area contributed by atoms with E-state index in [-0.39, 0.29) is 16.1 Å². The highest BCUT2D eigenvalue weighted by Gasteiger charge is 2.52. The zero-order valence-electron chi connectivity index (χ0n) is 10.8. The number of hydrogen-bond donors (Lipinski definition) is 0. The Kier molecular flexibility index (Phi) is 3.53. The molecule has 18 heavy (non-hydrogen) atoms. The molecule has 2 heterocycles. The molecule has 4 nitrogen and oxygen atoms in total. The van der Waals surface area contributed by atoms with Gasteiger partial charge in [0.1, 0.15) is 21.5 Å². The first-order chi connectivity index (χ1) is 8.22. The molecule has 0 N–H and O–H groups in total. The molecular weight excluding hydrogens is 318 g/mol. The maximum atomic E-state index is 12.2. The van der Waals surface area contributed by atoms with Gasteiger partial charge in [0.05, 0.1) is 0 Å². The molecule has 1 fully saturated rings. The van der Waals surface area contributed by atoms with Crippen LogP contribution in [0, 0.1) is 0 Å². The fourth-order valence-electron chi connectivity index (χ4n) is 1.91. The van der Waals surface area contributed by atoms with Crippen LogP contribution in [0.3, 0.4) is 0 Å². The number of fused-ring (bicyclic) bond motifs is 1. The van der Waals surface area contributed by atoms with Crippen LogP contribution in [0.1, 0.15) is 27.7 Å².